The lowest BCUT2D eigenvalue weighted by Crippen LogP contribution is -2.48. The standard InChI is InChI=1S/C29H32N2O4/c1-18(32)35-31-20-8-10-21-19(17-20)7-9-23-22(21)11-13-28(2)25(23)12-14-29(28,15-16-30)26-6-4-3-5-24(26)27(33)34/h3-6,17,23,25H,7-15H2,1-2H3,(H,33,34)/b31-20+/t23-,25+,28+,29+/m1/s1. The maximum absolute atomic E-state index is 12.2. The number of nitrogens with zero attached hydrogens (tertiary/aromatic N) is 2. The third-order valence-electron chi connectivity index (χ3n) is 9.46. The Bertz CT molecular complexity index is 1220. The topological polar surface area (TPSA) is 99.8 Å². The predicted octanol–water partition coefficient (Wildman–Crippen LogP) is 6.09. The van der Waals surface area contributed by atoms with E-state index in [9.17, 15) is 20.0 Å². The third kappa shape index (κ3) is 3.64. The van der Waals surface area contributed by atoms with E-state index < -0.39 is 17.4 Å². The van der Waals surface area contributed by atoms with Crippen molar-refractivity contribution in [2.45, 2.75) is 77.0 Å². The molecule has 1 aromatic rings. The molecule has 2 fully saturated rings. The minimum atomic E-state index is -0.913. The Balaban J connectivity index is 1.53. The first-order chi connectivity index (χ1) is 16.8. The highest BCUT2D eigenvalue weighted by molar-refractivity contribution is 5.97. The van der Waals surface area contributed by atoms with Gasteiger partial charge >= 0.3 is 11.9 Å². The largest absolute Gasteiger partial charge is 0.478 e. The Kier molecular flexibility index (Phi) is 5.91. The summed E-state index contributed by atoms with van der Waals surface area (Å²) in [6.45, 7) is 3.69. The number of carbonyl (C=O) groups excluding carboxylic acids is 1. The number of benzene rings is 1. The lowest BCUT2D eigenvalue weighted by atomic mass is 9.50. The molecule has 2 saturated carbocycles. The van der Waals surface area contributed by atoms with Crippen molar-refractivity contribution in [3.8, 4) is 6.07 Å². The van der Waals surface area contributed by atoms with E-state index >= 15 is 0 Å². The van der Waals surface area contributed by atoms with Gasteiger partial charge in [-0.25, -0.2) is 9.59 Å². The van der Waals surface area contributed by atoms with E-state index in [-0.39, 0.29) is 5.41 Å². The molecule has 0 heterocycles. The summed E-state index contributed by atoms with van der Waals surface area (Å²) in [6, 6.07) is 9.80. The van der Waals surface area contributed by atoms with Gasteiger partial charge in [-0.05, 0) is 97.5 Å². The zero-order valence-corrected chi connectivity index (χ0v) is 20.5. The minimum absolute atomic E-state index is 0.124. The van der Waals surface area contributed by atoms with Crippen LogP contribution in [0.3, 0.4) is 0 Å². The molecule has 0 unspecified atom stereocenters. The molecule has 0 radical (unpaired) electrons. The molecule has 4 atom stereocenters. The van der Waals surface area contributed by atoms with E-state index in [0.717, 1.165) is 62.6 Å². The zero-order valence-electron chi connectivity index (χ0n) is 20.5. The normalized spacial score (nSPS) is 32.7. The Labute approximate surface area is 206 Å². The first kappa shape index (κ1) is 23.5. The van der Waals surface area contributed by atoms with Crippen LogP contribution in [0.5, 0.6) is 0 Å². The summed E-state index contributed by atoms with van der Waals surface area (Å²) in [5.74, 6) is -0.400. The van der Waals surface area contributed by atoms with Crippen LogP contribution in [0.25, 0.3) is 0 Å². The number of carboxylic acids is 1. The van der Waals surface area contributed by atoms with Crippen LogP contribution in [0.1, 0.15) is 87.6 Å². The molecule has 4 aliphatic carbocycles. The van der Waals surface area contributed by atoms with Crippen molar-refractivity contribution in [3.05, 3.63) is 58.2 Å². The Hall–Kier alpha value is -3.20. The van der Waals surface area contributed by atoms with Gasteiger partial charge in [0.2, 0.25) is 0 Å². The molecule has 5 rings (SSSR count). The molecule has 0 saturated heterocycles. The van der Waals surface area contributed by atoms with E-state index in [1.54, 1.807) is 17.7 Å². The SMILES string of the molecule is CC(=O)O/N=C1/C=C2CC[C@@H]3C(=C2CC1)CC[C@@]1(C)[C@H]3CC[C@]1(CC#N)c1ccccc1C(=O)O. The zero-order chi connectivity index (χ0) is 24.8. The summed E-state index contributed by atoms with van der Waals surface area (Å²) in [5, 5.41) is 23.9. The molecule has 0 aliphatic heterocycles. The molecule has 0 amide bonds. The van der Waals surface area contributed by atoms with Crippen molar-refractivity contribution in [2.24, 2.45) is 22.4 Å². The number of carbonyl (C=O) groups is 2. The third-order valence-corrected chi connectivity index (χ3v) is 9.46. The van der Waals surface area contributed by atoms with Crippen LogP contribution < -0.4 is 0 Å². The van der Waals surface area contributed by atoms with Crippen LogP contribution in [0, 0.1) is 28.6 Å². The number of hydrogen-bond donors (Lipinski definition) is 1. The number of fused-ring (bicyclic) bond motifs is 4. The maximum Gasteiger partial charge on any atom is 0.335 e. The Morgan fingerprint density at radius 1 is 1.17 bits per heavy atom. The quantitative estimate of drug-likeness (QED) is 0.422. The fraction of sp³-hybridized carbons (Fsp3) is 0.517. The van der Waals surface area contributed by atoms with Crippen LogP contribution in [0.15, 0.2) is 52.2 Å². The van der Waals surface area contributed by atoms with Gasteiger partial charge in [0.1, 0.15) is 0 Å². The van der Waals surface area contributed by atoms with Crippen molar-refractivity contribution in [1.82, 2.24) is 0 Å². The summed E-state index contributed by atoms with van der Waals surface area (Å²) in [5.41, 5.74) is 5.81. The van der Waals surface area contributed by atoms with Crippen LogP contribution in [-0.2, 0) is 15.0 Å². The van der Waals surface area contributed by atoms with Gasteiger partial charge in [0.05, 0.1) is 17.3 Å². The van der Waals surface area contributed by atoms with Gasteiger partial charge in [-0.3, -0.25) is 0 Å². The van der Waals surface area contributed by atoms with E-state index in [1.807, 2.05) is 12.1 Å². The second-order valence-corrected chi connectivity index (χ2v) is 10.8. The van der Waals surface area contributed by atoms with Gasteiger partial charge in [-0.15, -0.1) is 0 Å². The second-order valence-electron chi connectivity index (χ2n) is 10.8. The molecular formula is C29H32N2O4. The Morgan fingerprint density at radius 3 is 2.71 bits per heavy atom. The summed E-state index contributed by atoms with van der Waals surface area (Å²) in [7, 11) is 0. The molecule has 4 aliphatic rings. The highest BCUT2D eigenvalue weighted by Gasteiger charge is 2.62. The molecule has 6 nitrogen and oxygen atoms in total. The van der Waals surface area contributed by atoms with Crippen molar-refractivity contribution in [2.75, 3.05) is 0 Å². The number of oxime groups is 1. The molecule has 1 aromatic carbocycles. The predicted molar refractivity (Wildman–Crippen MR) is 132 cm³/mol. The second kappa shape index (κ2) is 8.78. The monoisotopic (exact) mass is 472 g/mol. The van der Waals surface area contributed by atoms with Gasteiger partial charge in [-0.2, -0.15) is 5.26 Å². The molecule has 0 bridgehead atoms. The first-order valence-corrected chi connectivity index (χ1v) is 12.7. The number of hydrogen-bond acceptors (Lipinski definition) is 5. The average molecular weight is 473 g/mol. The molecule has 6 heteroatoms. The summed E-state index contributed by atoms with van der Waals surface area (Å²) < 4.78 is 0. The molecule has 0 aromatic heterocycles. The lowest BCUT2D eigenvalue weighted by molar-refractivity contribution is -0.140. The number of carboxylic acid groups (broad SMARTS) is 1. The fourth-order valence-electron chi connectivity index (χ4n) is 7.92. The lowest BCUT2D eigenvalue weighted by Gasteiger charge is -2.54. The highest BCUT2D eigenvalue weighted by atomic mass is 16.7. The fourth-order valence-corrected chi connectivity index (χ4v) is 7.92. The Morgan fingerprint density at radius 2 is 1.97 bits per heavy atom. The van der Waals surface area contributed by atoms with Crippen LogP contribution >= 0.6 is 0 Å². The van der Waals surface area contributed by atoms with Gasteiger partial charge in [0, 0.05) is 18.8 Å². The highest BCUT2D eigenvalue weighted by Crippen LogP contribution is 2.68. The first-order valence-electron chi connectivity index (χ1n) is 12.7. The van der Waals surface area contributed by atoms with Crippen molar-refractivity contribution >= 4 is 17.7 Å². The van der Waals surface area contributed by atoms with E-state index in [2.05, 4.69) is 24.2 Å². The summed E-state index contributed by atoms with van der Waals surface area (Å²) in [6.07, 6.45) is 10.0. The van der Waals surface area contributed by atoms with Gasteiger partial charge in [0.15, 0.2) is 0 Å². The van der Waals surface area contributed by atoms with Crippen molar-refractivity contribution in [3.63, 3.8) is 0 Å². The minimum Gasteiger partial charge on any atom is -0.478 e. The number of nitriles is 1. The number of allylic oxidation sites excluding steroid dienone is 4. The van der Waals surface area contributed by atoms with Crippen molar-refractivity contribution < 1.29 is 19.5 Å². The molecule has 1 N–H and O–H groups in total. The van der Waals surface area contributed by atoms with E-state index in [0.29, 0.717) is 23.8 Å². The number of rotatable bonds is 4. The van der Waals surface area contributed by atoms with Gasteiger partial charge in [0.25, 0.3) is 0 Å². The van der Waals surface area contributed by atoms with Gasteiger partial charge in [-0.1, -0.05) is 35.9 Å². The van der Waals surface area contributed by atoms with Gasteiger partial charge < -0.3 is 9.94 Å². The van der Waals surface area contributed by atoms with Crippen molar-refractivity contribution in [1.29, 1.82) is 5.26 Å². The molecule has 0 spiro atoms. The molecule has 35 heavy (non-hydrogen) atoms. The number of aromatic carboxylic acids is 1. The van der Waals surface area contributed by atoms with E-state index in [4.69, 9.17) is 4.84 Å². The molecule has 182 valence electrons. The van der Waals surface area contributed by atoms with Crippen LogP contribution in [0.4, 0.5) is 0 Å². The molecular weight excluding hydrogens is 440 g/mol. The maximum atomic E-state index is 12.2. The smallest absolute Gasteiger partial charge is 0.335 e. The van der Waals surface area contributed by atoms with Crippen LogP contribution in [0.2, 0.25) is 0 Å². The van der Waals surface area contributed by atoms with Crippen LogP contribution in [-0.4, -0.2) is 22.8 Å². The average Bonchev–Trinajstić information content (AvgIpc) is 3.15. The van der Waals surface area contributed by atoms with E-state index in [1.165, 1.54) is 18.1 Å². The summed E-state index contributed by atoms with van der Waals surface area (Å²) >= 11 is 0. The summed E-state index contributed by atoms with van der Waals surface area (Å²) in [4.78, 5) is 28.2.